The van der Waals surface area contributed by atoms with Gasteiger partial charge in [-0.15, -0.1) is 0 Å². The van der Waals surface area contributed by atoms with Gasteiger partial charge in [0.05, 0.1) is 19.1 Å². The van der Waals surface area contributed by atoms with Crippen LogP contribution in [0.25, 0.3) is 0 Å². The molecule has 0 saturated heterocycles. The highest BCUT2D eigenvalue weighted by molar-refractivity contribution is 5.75. The monoisotopic (exact) mass is 281 g/mol. The minimum absolute atomic E-state index is 0.191. The first-order valence-corrected chi connectivity index (χ1v) is 6.62. The number of benzene rings is 1. The van der Waals surface area contributed by atoms with Crippen LogP contribution in [0.2, 0.25) is 0 Å². The van der Waals surface area contributed by atoms with Crippen LogP contribution >= 0.6 is 0 Å². The van der Waals surface area contributed by atoms with E-state index in [-0.39, 0.29) is 12.6 Å². The Bertz CT molecular complexity index is 457. The van der Waals surface area contributed by atoms with Crippen molar-refractivity contribution in [3.05, 3.63) is 23.8 Å². The standard InChI is InChI=1S/C15H23NO4/c1-5-19-12-8-6-7-11(9-16)13(12)20-10-15(2,3)14(17)18-4/h6-8H,5,9-10,16H2,1-4H3. The molecule has 0 unspecified atom stereocenters. The zero-order valence-corrected chi connectivity index (χ0v) is 12.6. The number of methoxy groups -OCH3 is 1. The van der Waals surface area contributed by atoms with Gasteiger partial charge in [-0.05, 0) is 26.8 Å². The lowest BCUT2D eigenvalue weighted by Crippen LogP contribution is -2.32. The number of carbonyl (C=O) groups excluding carboxylic acids is 1. The van der Waals surface area contributed by atoms with Gasteiger partial charge >= 0.3 is 5.97 Å². The molecule has 0 aliphatic carbocycles. The van der Waals surface area contributed by atoms with Crippen LogP contribution in [-0.2, 0) is 16.1 Å². The maximum atomic E-state index is 11.7. The van der Waals surface area contributed by atoms with Gasteiger partial charge in [-0.2, -0.15) is 0 Å². The molecule has 5 heteroatoms. The summed E-state index contributed by atoms with van der Waals surface area (Å²) in [6.07, 6.45) is 0. The molecule has 0 heterocycles. The SMILES string of the molecule is CCOc1cccc(CN)c1OCC(C)(C)C(=O)OC. The summed E-state index contributed by atoms with van der Waals surface area (Å²) in [5.74, 6) is 0.908. The number of ether oxygens (including phenoxy) is 3. The molecule has 20 heavy (non-hydrogen) atoms. The van der Waals surface area contributed by atoms with Gasteiger partial charge in [0.1, 0.15) is 6.61 Å². The zero-order valence-electron chi connectivity index (χ0n) is 12.6. The first-order valence-electron chi connectivity index (χ1n) is 6.62. The third kappa shape index (κ3) is 3.87. The highest BCUT2D eigenvalue weighted by Crippen LogP contribution is 2.32. The lowest BCUT2D eigenvalue weighted by atomic mass is 9.95. The van der Waals surface area contributed by atoms with E-state index >= 15 is 0 Å². The molecular weight excluding hydrogens is 258 g/mol. The van der Waals surface area contributed by atoms with Gasteiger partial charge in [-0.1, -0.05) is 12.1 Å². The maximum Gasteiger partial charge on any atom is 0.314 e. The topological polar surface area (TPSA) is 70.8 Å². The Morgan fingerprint density at radius 2 is 2.00 bits per heavy atom. The first kappa shape index (κ1) is 16.3. The highest BCUT2D eigenvalue weighted by Gasteiger charge is 2.30. The van der Waals surface area contributed by atoms with Crippen molar-refractivity contribution < 1.29 is 19.0 Å². The maximum absolute atomic E-state index is 11.7. The van der Waals surface area contributed by atoms with Gasteiger partial charge in [0.25, 0.3) is 0 Å². The quantitative estimate of drug-likeness (QED) is 0.775. The zero-order chi connectivity index (χ0) is 15.2. The molecule has 0 spiro atoms. The van der Waals surface area contributed by atoms with E-state index in [9.17, 15) is 4.79 Å². The predicted molar refractivity (Wildman–Crippen MR) is 76.8 cm³/mol. The molecule has 0 amide bonds. The van der Waals surface area contributed by atoms with Crippen LogP contribution in [0.3, 0.4) is 0 Å². The predicted octanol–water partition coefficient (Wildman–Crippen LogP) is 2.12. The van der Waals surface area contributed by atoms with Crippen LogP contribution in [0.5, 0.6) is 11.5 Å². The molecule has 1 rings (SSSR count). The molecule has 0 radical (unpaired) electrons. The van der Waals surface area contributed by atoms with Crippen molar-refractivity contribution in [3.63, 3.8) is 0 Å². The highest BCUT2D eigenvalue weighted by atomic mass is 16.5. The van der Waals surface area contributed by atoms with Crippen molar-refractivity contribution in [1.29, 1.82) is 0 Å². The van der Waals surface area contributed by atoms with Crippen molar-refractivity contribution in [2.45, 2.75) is 27.3 Å². The van der Waals surface area contributed by atoms with Crippen LogP contribution in [0, 0.1) is 5.41 Å². The largest absolute Gasteiger partial charge is 0.490 e. The lowest BCUT2D eigenvalue weighted by molar-refractivity contribution is -0.152. The molecule has 0 fully saturated rings. The Morgan fingerprint density at radius 3 is 2.55 bits per heavy atom. The molecule has 5 nitrogen and oxygen atoms in total. The summed E-state index contributed by atoms with van der Waals surface area (Å²) in [7, 11) is 1.36. The summed E-state index contributed by atoms with van der Waals surface area (Å²) in [5.41, 5.74) is 5.82. The molecule has 0 bridgehead atoms. The summed E-state index contributed by atoms with van der Waals surface area (Å²) in [6.45, 7) is 6.50. The van der Waals surface area contributed by atoms with E-state index in [0.29, 0.717) is 24.7 Å². The van der Waals surface area contributed by atoms with E-state index in [1.165, 1.54) is 7.11 Å². The van der Waals surface area contributed by atoms with Crippen LogP contribution in [0.15, 0.2) is 18.2 Å². The molecule has 2 N–H and O–H groups in total. The van der Waals surface area contributed by atoms with E-state index in [1.807, 2.05) is 25.1 Å². The fraction of sp³-hybridized carbons (Fsp3) is 0.533. The Morgan fingerprint density at radius 1 is 1.30 bits per heavy atom. The summed E-state index contributed by atoms with van der Waals surface area (Å²) < 4.78 is 16.1. The van der Waals surface area contributed by atoms with Gasteiger partial charge in [-0.3, -0.25) is 4.79 Å². The van der Waals surface area contributed by atoms with Crippen LogP contribution in [-0.4, -0.2) is 26.3 Å². The molecule has 0 saturated carbocycles. The molecule has 0 aliphatic heterocycles. The molecule has 1 aromatic carbocycles. The second-order valence-electron chi connectivity index (χ2n) is 5.05. The van der Waals surface area contributed by atoms with Gasteiger partial charge in [0.2, 0.25) is 0 Å². The Labute approximate surface area is 120 Å². The van der Waals surface area contributed by atoms with Gasteiger partial charge < -0.3 is 19.9 Å². The van der Waals surface area contributed by atoms with Crippen LogP contribution in [0.1, 0.15) is 26.3 Å². The van der Waals surface area contributed by atoms with Crippen LogP contribution < -0.4 is 15.2 Å². The Balaban J connectivity index is 2.93. The molecule has 1 aromatic rings. The number of hydrogen-bond donors (Lipinski definition) is 1. The number of carbonyl (C=O) groups is 1. The van der Waals surface area contributed by atoms with Crippen molar-refractivity contribution in [2.24, 2.45) is 11.1 Å². The van der Waals surface area contributed by atoms with Crippen molar-refractivity contribution >= 4 is 5.97 Å². The molecule has 112 valence electrons. The van der Waals surface area contributed by atoms with Crippen LogP contribution in [0.4, 0.5) is 0 Å². The van der Waals surface area contributed by atoms with Gasteiger partial charge in [-0.25, -0.2) is 0 Å². The summed E-state index contributed by atoms with van der Waals surface area (Å²) in [4.78, 5) is 11.7. The average Bonchev–Trinajstić information content (AvgIpc) is 2.44. The smallest absolute Gasteiger partial charge is 0.314 e. The normalized spacial score (nSPS) is 11.1. The van der Waals surface area contributed by atoms with E-state index in [0.717, 1.165) is 5.56 Å². The first-order chi connectivity index (χ1) is 9.46. The Hall–Kier alpha value is -1.75. The third-order valence-electron chi connectivity index (χ3n) is 2.90. The fourth-order valence-electron chi connectivity index (χ4n) is 1.74. The molecule has 0 atom stereocenters. The lowest BCUT2D eigenvalue weighted by Gasteiger charge is -2.23. The molecule has 0 aromatic heterocycles. The second kappa shape index (κ2) is 7.14. The number of hydrogen-bond acceptors (Lipinski definition) is 5. The molecule has 0 aliphatic rings. The number of rotatable bonds is 7. The molecular formula is C15H23NO4. The summed E-state index contributed by atoms with van der Waals surface area (Å²) >= 11 is 0. The average molecular weight is 281 g/mol. The van der Waals surface area contributed by atoms with E-state index < -0.39 is 5.41 Å². The van der Waals surface area contributed by atoms with E-state index in [1.54, 1.807) is 13.8 Å². The second-order valence-corrected chi connectivity index (χ2v) is 5.05. The van der Waals surface area contributed by atoms with Gasteiger partial charge in [0, 0.05) is 12.1 Å². The van der Waals surface area contributed by atoms with Crippen molar-refractivity contribution in [3.8, 4) is 11.5 Å². The summed E-state index contributed by atoms with van der Waals surface area (Å²) in [6, 6.07) is 5.57. The number of nitrogens with two attached hydrogens (primary N) is 1. The minimum Gasteiger partial charge on any atom is -0.490 e. The number of esters is 1. The van der Waals surface area contributed by atoms with Gasteiger partial charge in [0.15, 0.2) is 11.5 Å². The van der Waals surface area contributed by atoms with Crippen molar-refractivity contribution in [2.75, 3.05) is 20.3 Å². The minimum atomic E-state index is -0.736. The number of para-hydroxylation sites is 1. The van der Waals surface area contributed by atoms with E-state index in [2.05, 4.69) is 0 Å². The van der Waals surface area contributed by atoms with Crippen molar-refractivity contribution in [1.82, 2.24) is 0 Å². The van der Waals surface area contributed by atoms with E-state index in [4.69, 9.17) is 19.9 Å². The Kier molecular flexibility index (Phi) is 5.82. The fourth-order valence-corrected chi connectivity index (χ4v) is 1.74. The third-order valence-corrected chi connectivity index (χ3v) is 2.90. The summed E-state index contributed by atoms with van der Waals surface area (Å²) in [5, 5.41) is 0.